The van der Waals surface area contributed by atoms with Crippen molar-refractivity contribution in [2.45, 2.75) is 31.8 Å². The number of aliphatic hydroxyl groups is 1. The maximum Gasteiger partial charge on any atom is 0.332 e. The van der Waals surface area contributed by atoms with Gasteiger partial charge in [0.15, 0.2) is 12.4 Å². The monoisotopic (exact) mass is 208 g/mol. The molecule has 0 saturated carbocycles. The molecule has 1 aliphatic rings. The molecule has 1 saturated heterocycles. The third-order valence-electron chi connectivity index (χ3n) is 2.13. The van der Waals surface area contributed by atoms with E-state index in [1.54, 1.807) is 6.92 Å². The van der Waals surface area contributed by atoms with E-state index in [4.69, 9.17) is 9.84 Å². The normalized spacial score (nSPS) is 40.2. The molecular weight excluding hydrogens is 196 g/mol. The van der Waals surface area contributed by atoms with Gasteiger partial charge in [0.05, 0.1) is 0 Å². The molecule has 0 aromatic heterocycles. The van der Waals surface area contributed by atoms with Crippen LogP contribution in [-0.2, 0) is 13.7 Å². The first-order chi connectivity index (χ1) is 6.06. The van der Waals surface area contributed by atoms with Crippen LogP contribution in [0.1, 0.15) is 13.3 Å². The molecule has 13 heavy (non-hydrogen) atoms. The van der Waals surface area contributed by atoms with E-state index in [0.29, 0.717) is 0 Å². The van der Waals surface area contributed by atoms with Gasteiger partial charge in [-0.1, -0.05) is 6.92 Å². The van der Waals surface area contributed by atoms with Crippen LogP contribution in [0.25, 0.3) is 0 Å². The fourth-order valence-corrected chi connectivity index (χ4v) is 1.46. The Kier molecular flexibility index (Phi) is 3.55. The van der Waals surface area contributed by atoms with Crippen molar-refractivity contribution >= 4 is 18.9 Å². The van der Waals surface area contributed by atoms with Crippen LogP contribution in [0.5, 0.6) is 0 Å². The van der Waals surface area contributed by atoms with E-state index in [-0.39, 0.29) is 12.3 Å². The highest BCUT2D eigenvalue weighted by atomic mass is 32.1. The van der Waals surface area contributed by atoms with E-state index in [2.05, 4.69) is 17.1 Å². The summed E-state index contributed by atoms with van der Waals surface area (Å²) in [6.07, 6.45) is -2.43. The summed E-state index contributed by atoms with van der Waals surface area (Å²) < 4.78 is 9.44. The van der Waals surface area contributed by atoms with Crippen molar-refractivity contribution in [2.24, 2.45) is 5.92 Å². The Balaban J connectivity index is 2.63. The Hall–Kier alpha value is -0.300. The molecule has 4 atom stereocenters. The van der Waals surface area contributed by atoms with Crippen LogP contribution >= 0.6 is 12.9 Å². The molecule has 1 fully saturated rings. The molecule has 2 N–H and O–H groups in total. The number of rotatable bonds is 2. The second-order valence-electron chi connectivity index (χ2n) is 3.14. The first-order valence-corrected chi connectivity index (χ1v) is 4.29. The molecule has 1 aliphatic heterocycles. The largest absolute Gasteiger partial charge is 0.479 e. The molecular formula is C7H12O5S. The van der Waals surface area contributed by atoms with Gasteiger partial charge in [-0.05, 0) is 25.2 Å². The standard InChI is InChI=1S/C7H12O5S/c1-3-2-4(6(9)10)11-7(12-13)5(3)8/h3-5,7-8,13H,2H2,1H3,(H,9,10)/t3?,4?,5-,7-/m0/s1. The summed E-state index contributed by atoms with van der Waals surface area (Å²) in [6.45, 7) is 1.74. The Labute approximate surface area is 81.3 Å². The van der Waals surface area contributed by atoms with Crippen LogP contribution in [0, 0.1) is 5.92 Å². The van der Waals surface area contributed by atoms with Gasteiger partial charge in [-0.2, -0.15) is 0 Å². The predicted molar refractivity (Wildman–Crippen MR) is 46.2 cm³/mol. The summed E-state index contributed by atoms with van der Waals surface area (Å²) in [6, 6.07) is 0. The van der Waals surface area contributed by atoms with E-state index in [9.17, 15) is 9.90 Å². The third kappa shape index (κ3) is 2.34. The lowest BCUT2D eigenvalue weighted by Gasteiger charge is -2.34. The van der Waals surface area contributed by atoms with E-state index in [0.717, 1.165) is 0 Å². The zero-order valence-electron chi connectivity index (χ0n) is 7.08. The van der Waals surface area contributed by atoms with Gasteiger partial charge in [0.1, 0.15) is 6.10 Å². The van der Waals surface area contributed by atoms with Crippen molar-refractivity contribution in [2.75, 3.05) is 0 Å². The second kappa shape index (κ2) is 4.28. The Morgan fingerprint density at radius 2 is 2.31 bits per heavy atom. The molecule has 2 unspecified atom stereocenters. The van der Waals surface area contributed by atoms with Crippen molar-refractivity contribution in [3.63, 3.8) is 0 Å². The van der Waals surface area contributed by atoms with Crippen LogP contribution in [0.15, 0.2) is 0 Å². The second-order valence-corrected chi connectivity index (χ2v) is 3.35. The first-order valence-electron chi connectivity index (χ1n) is 3.92. The smallest absolute Gasteiger partial charge is 0.332 e. The average molecular weight is 208 g/mol. The maximum atomic E-state index is 10.6. The number of ether oxygens (including phenoxy) is 1. The van der Waals surface area contributed by atoms with Crippen molar-refractivity contribution < 1.29 is 23.9 Å². The summed E-state index contributed by atoms with van der Waals surface area (Å²) in [4.78, 5) is 10.6. The van der Waals surface area contributed by atoms with Crippen molar-refractivity contribution in [3.8, 4) is 0 Å². The van der Waals surface area contributed by atoms with Gasteiger partial charge in [0.25, 0.3) is 0 Å². The highest BCUT2D eigenvalue weighted by molar-refractivity contribution is 7.75. The topological polar surface area (TPSA) is 76.0 Å². The van der Waals surface area contributed by atoms with E-state index < -0.39 is 24.5 Å². The summed E-state index contributed by atoms with van der Waals surface area (Å²) in [5.74, 6) is -1.22. The van der Waals surface area contributed by atoms with E-state index in [1.807, 2.05) is 0 Å². The summed E-state index contributed by atoms with van der Waals surface area (Å²) in [5, 5.41) is 18.1. The molecule has 5 nitrogen and oxygen atoms in total. The minimum absolute atomic E-state index is 0.174. The SMILES string of the molecule is CC1CC(C(=O)O)O[C@@H](OS)[C@H]1O. The fraction of sp³-hybridized carbons (Fsp3) is 0.857. The Bertz CT molecular complexity index is 197. The number of thiol groups is 1. The molecule has 0 amide bonds. The summed E-state index contributed by atoms with van der Waals surface area (Å²) in [7, 11) is 0. The zero-order chi connectivity index (χ0) is 10.0. The molecule has 1 rings (SSSR count). The highest BCUT2D eigenvalue weighted by Crippen LogP contribution is 2.26. The molecule has 1 heterocycles. The fourth-order valence-electron chi connectivity index (χ4n) is 1.29. The quantitative estimate of drug-likeness (QED) is 0.441. The van der Waals surface area contributed by atoms with Gasteiger partial charge in [0, 0.05) is 0 Å². The van der Waals surface area contributed by atoms with Crippen LogP contribution in [0.2, 0.25) is 0 Å². The van der Waals surface area contributed by atoms with Gasteiger partial charge < -0.3 is 14.9 Å². The first kappa shape index (κ1) is 10.8. The maximum absolute atomic E-state index is 10.6. The molecule has 6 heteroatoms. The van der Waals surface area contributed by atoms with Crippen molar-refractivity contribution in [1.82, 2.24) is 0 Å². The number of carbonyl (C=O) groups is 1. The molecule has 0 radical (unpaired) electrons. The van der Waals surface area contributed by atoms with Crippen molar-refractivity contribution in [3.05, 3.63) is 0 Å². The minimum Gasteiger partial charge on any atom is -0.479 e. The van der Waals surface area contributed by atoms with Crippen LogP contribution in [0.4, 0.5) is 0 Å². The van der Waals surface area contributed by atoms with Gasteiger partial charge in [-0.3, -0.25) is 4.18 Å². The van der Waals surface area contributed by atoms with Crippen molar-refractivity contribution in [1.29, 1.82) is 0 Å². The highest BCUT2D eigenvalue weighted by Gasteiger charge is 2.38. The van der Waals surface area contributed by atoms with Gasteiger partial charge in [-0.15, -0.1) is 0 Å². The molecule has 0 aromatic carbocycles. The Morgan fingerprint density at radius 3 is 2.77 bits per heavy atom. The number of carboxylic acid groups (broad SMARTS) is 1. The minimum atomic E-state index is -1.05. The van der Waals surface area contributed by atoms with Crippen LogP contribution in [0.3, 0.4) is 0 Å². The number of hydrogen-bond donors (Lipinski definition) is 3. The molecule has 76 valence electrons. The molecule has 0 aromatic rings. The number of hydrogen-bond acceptors (Lipinski definition) is 5. The lowest BCUT2D eigenvalue weighted by molar-refractivity contribution is -0.219. The van der Waals surface area contributed by atoms with Crippen LogP contribution in [-0.4, -0.2) is 34.7 Å². The Morgan fingerprint density at radius 1 is 1.69 bits per heavy atom. The average Bonchev–Trinajstić information content (AvgIpc) is 2.09. The van der Waals surface area contributed by atoms with E-state index in [1.165, 1.54) is 0 Å². The zero-order valence-corrected chi connectivity index (χ0v) is 7.98. The number of aliphatic carboxylic acids is 1. The third-order valence-corrected chi connectivity index (χ3v) is 2.33. The summed E-state index contributed by atoms with van der Waals surface area (Å²) >= 11 is 3.49. The molecule has 0 aliphatic carbocycles. The lowest BCUT2D eigenvalue weighted by Crippen LogP contribution is -2.47. The van der Waals surface area contributed by atoms with Gasteiger partial charge in [0.2, 0.25) is 0 Å². The summed E-state index contributed by atoms with van der Waals surface area (Å²) in [5.41, 5.74) is 0. The predicted octanol–water partition coefficient (Wildman–Crippen LogP) is 0.0444. The molecule has 0 bridgehead atoms. The van der Waals surface area contributed by atoms with Gasteiger partial charge >= 0.3 is 5.97 Å². The number of carboxylic acids is 1. The number of aliphatic hydroxyl groups excluding tert-OH is 1. The van der Waals surface area contributed by atoms with Crippen LogP contribution < -0.4 is 0 Å². The lowest BCUT2D eigenvalue weighted by atomic mass is 9.94. The molecule has 0 spiro atoms. The van der Waals surface area contributed by atoms with E-state index >= 15 is 0 Å². The van der Waals surface area contributed by atoms with Gasteiger partial charge in [-0.25, -0.2) is 4.79 Å².